The van der Waals surface area contributed by atoms with Crippen LogP contribution in [0.1, 0.15) is 10.4 Å². The quantitative estimate of drug-likeness (QED) is 0.691. The second kappa shape index (κ2) is 7.09. The predicted octanol–water partition coefficient (Wildman–Crippen LogP) is 4.30. The number of ether oxygens (including phenoxy) is 1. The normalized spacial score (nSPS) is 15.3. The Morgan fingerprint density at radius 2 is 1.81 bits per heavy atom. The van der Waals surface area contributed by atoms with Gasteiger partial charge in [-0.3, -0.25) is 9.69 Å². The van der Waals surface area contributed by atoms with E-state index >= 15 is 0 Å². The average Bonchev–Trinajstić information content (AvgIpc) is 3.32. The minimum absolute atomic E-state index is 0.141. The molecule has 1 aromatic heterocycles. The maximum absolute atomic E-state index is 13.1. The zero-order valence-electron chi connectivity index (χ0n) is 14.5. The SMILES string of the molecule is COc1ccc(C2=N/C(=C/c3cccs3)C(=O)N2c2ccc(O)cc2)cc1. The van der Waals surface area contributed by atoms with Crippen LogP contribution in [0.2, 0.25) is 0 Å². The van der Waals surface area contributed by atoms with E-state index < -0.39 is 0 Å². The molecule has 0 saturated carbocycles. The first-order chi connectivity index (χ1) is 13.2. The first-order valence-electron chi connectivity index (χ1n) is 8.27. The van der Waals surface area contributed by atoms with E-state index in [1.165, 1.54) is 0 Å². The molecule has 0 atom stereocenters. The van der Waals surface area contributed by atoms with Crippen LogP contribution in [0.5, 0.6) is 11.5 Å². The molecule has 1 aliphatic rings. The second-order valence-corrected chi connectivity index (χ2v) is 6.85. The highest BCUT2D eigenvalue weighted by Gasteiger charge is 2.32. The van der Waals surface area contributed by atoms with Gasteiger partial charge in [-0.1, -0.05) is 6.07 Å². The van der Waals surface area contributed by atoms with Gasteiger partial charge < -0.3 is 9.84 Å². The number of benzene rings is 2. The van der Waals surface area contributed by atoms with Crippen LogP contribution in [0.15, 0.2) is 76.7 Å². The highest BCUT2D eigenvalue weighted by Crippen LogP contribution is 2.30. The third kappa shape index (κ3) is 3.35. The maximum atomic E-state index is 13.1. The number of hydrogen-bond donors (Lipinski definition) is 1. The molecule has 1 aliphatic heterocycles. The van der Waals surface area contributed by atoms with Gasteiger partial charge in [-0.05, 0) is 66.1 Å². The van der Waals surface area contributed by atoms with Crippen LogP contribution in [0, 0.1) is 0 Å². The van der Waals surface area contributed by atoms with Gasteiger partial charge in [-0.15, -0.1) is 11.3 Å². The number of rotatable bonds is 4. The monoisotopic (exact) mass is 376 g/mol. The first-order valence-corrected chi connectivity index (χ1v) is 9.15. The molecule has 27 heavy (non-hydrogen) atoms. The van der Waals surface area contributed by atoms with Crippen molar-refractivity contribution in [3.8, 4) is 11.5 Å². The van der Waals surface area contributed by atoms with Gasteiger partial charge in [0.2, 0.25) is 0 Å². The Kier molecular flexibility index (Phi) is 4.48. The number of amides is 1. The summed E-state index contributed by atoms with van der Waals surface area (Å²) >= 11 is 1.55. The van der Waals surface area contributed by atoms with E-state index in [2.05, 4.69) is 4.99 Å². The Balaban J connectivity index is 1.80. The fourth-order valence-electron chi connectivity index (χ4n) is 2.80. The Labute approximate surface area is 160 Å². The highest BCUT2D eigenvalue weighted by atomic mass is 32.1. The van der Waals surface area contributed by atoms with E-state index in [9.17, 15) is 9.90 Å². The van der Waals surface area contributed by atoms with Gasteiger partial charge in [-0.25, -0.2) is 4.99 Å². The van der Waals surface area contributed by atoms with Crippen molar-refractivity contribution >= 4 is 34.8 Å². The number of phenols is 1. The van der Waals surface area contributed by atoms with Gasteiger partial charge in [0.05, 0.1) is 12.8 Å². The van der Waals surface area contributed by atoms with Gasteiger partial charge in [-0.2, -0.15) is 0 Å². The van der Waals surface area contributed by atoms with E-state index in [1.54, 1.807) is 53.7 Å². The number of hydrogen-bond acceptors (Lipinski definition) is 5. The molecule has 3 aromatic rings. The van der Waals surface area contributed by atoms with E-state index in [0.717, 1.165) is 16.2 Å². The zero-order chi connectivity index (χ0) is 18.8. The molecule has 6 heteroatoms. The second-order valence-electron chi connectivity index (χ2n) is 5.87. The van der Waals surface area contributed by atoms with Crippen molar-refractivity contribution in [2.75, 3.05) is 12.0 Å². The van der Waals surface area contributed by atoms with Crippen LogP contribution < -0.4 is 9.64 Å². The number of aromatic hydroxyl groups is 1. The van der Waals surface area contributed by atoms with Crippen molar-refractivity contribution in [1.29, 1.82) is 0 Å². The van der Waals surface area contributed by atoms with Gasteiger partial charge in [0.1, 0.15) is 23.0 Å². The highest BCUT2D eigenvalue weighted by molar-refractivity contribution is 7.10. The first kappa shape index (κ1) is 17.1. The Hall–Kier alpha value is -3.38. The lowest BCUT2D eigenvalue weighted by Crippen LogP contribution is -2.32. The number of methoxy groups -OCH3 is 1. The van der Waals surface area contributed by atoms with E-state index in [4.69, 9.17) is 4.74 Å². The molecule has 1 N–H and O–H groups in total. The molecule has 0 spiro atoms. The summed E-state index contributed by atoms with van der Waals surface area (Å²) < 4.78 is 5.21. The molecule has 0 saturated heterocycles. The summed E-state index contributed by atoms with van der Waals surface area (Å²) in [6, 6.07) is 17.8. The number of anilines is 1. The number of carbonyl (C=O) groups is 1. The Morgan fingerprint density at radius 1 is 1.07 bits per heavy atom. The van der Waals surface area contributed by atoms with Gasteiger partial charge in [0.25, 0.3) is 5.91 Å². The maximum Gasteiger partial charge on any atom is 0.282 e. The molecule has 0 unspecified atom stereocenters. The van der Waals surface area contributed by atoms with Gasteiger partial charge in [0, 0.05) is 10.4 Å². The summed E-state index contributed by atoms with van der Waals surface area (Å²) in [4.78, 5) is 20.2. The van der Waals surface area contributed by atoms with Crippen LogP contribution in [0.3, 0.4) is 0 Å². The minimum atomic E-state index is -0.208. The molecule has 1 amide bonds. The minimum Gasteiger partial charge on any atom is -0.508 e. The lowest BCUT2D eigenvalue weighted by molar-refractivity contribution is -0.113. The smallest absolute Gasteiger partial charge is 0.282 e. The largest absolute Gasteiger partial charge is 0.508 e. The number of aliphatic imine (C=N–C) groups is 1. The average molecular weight is 376 g/mol. The summed E-state index contributed by atoms with van der Waals surface area (Å²) in [6.45, 7) is 0. The van der Waals surface area contributed by atoms with Gasteiger partial charge >= 0.3 is 0 Å². The van der Waals surface area contributed by atoms with Crippen molar-refractivity contribution in [3.63, 3.8) is 0 Å². The third-order valence-corrected chi connectivity index (χ3v) is 4.96. The summed E-state index contributed by atoms with van der Waals surface area (Å²) in [5.74, 6) is 1.20. The molecule has 2 aromatic carbocycles. The Bertz CT molecular complexity index is 1020. The molecular weight excluding hydrogens is 360 g/mol. The van der Waals surface area contributed by atoms with Crippen LogP contribution >= 0.6 is 11.3 Å². The summed E-state index contributed by atoms with van der Waals surface area (Å²) in [7, 11) is 1.61. The standard InChI is InChI=1S/C21H16N2O3S/c1-26-17-10-4-14(5-11-17)20-22-19(13-18-3-2-12-27-18)21(25)23(20)15-6-8-16(24)9-7-15/h2-13,24H,1H3/b19-13+. The van der Waals surface area contributed by atoms with Crippen LogP contribution in [0.25, 0.3) is 6.08 Å². The number of phenolic OH excluding ortho intramolecular Hbond substituents is 1. The predicted molar refractivity (Wildman–Crippen MR) is 107 cm³/mol. The van der Waals surface area contributed by atoms with Crippen molar-refractivity contribution < 1.29 is 14.6 Å². The molecule has 4 rings (SSSR count). The topological polar surface area (TPSA) is 62.1 Å². The van der Waals surface area contributed by atoms with Gasteiger partial charge in [0.15, 0.2) is 0 Å². The molecule has 0 aliphatic carbocycles. The molecular formula is C21H16N2O3S. The number of nitrogens with zero attached hydrogens (tertiary/aromatic N) is 2. The summed E-state index contributed by atoms with van der Waals surface area (Å²) in [5, 5.41) is 11.5. The number of amidine groups is 1. The lowest BCUT2D eigenvalue weighted by Gasteiger charge is -2.18. The summed E-state index contributed by atoms with van der Waals surface area (Å²) in [5.41, 5.74) is 1.81. The molecule has 0 bridgehead atoms. The van der Waals surface area contributed by atoms with E-state index in [-0.39, 0.29) is 11.7 Å². The lowest BCUT2D eigenvalue weighted by atomic mass is 10.1. The molecule has 0 fully saturated rings. The van der Waals surface area contributed by atoms with Crippen LogP contribution in [0.4, 0.5) is 5.69 Å². The zero-order valence-corrected chi connectivity index (χ0v) is 15.3. The van der Waals surface area contributed by atoms with Crippen molar-refractivity contribution in [1.82, 2.24) is 0 Å². The van der Waals surface area contributed by atoms with Crippen LogP contribution in [-0.2, 0) is 4.79 Å². The number of thiophene rings is 1. The van der Waals surface area contributed by atoms with Crippen molar-refractivity contribution in [2.24, 2.45) is 4.99 Å². The number of carbonyl (C=O) groups excluding carboxylic acids is 1. The summed E-state index contributed by atoms with van der Waals surface area (Å²) in [6.07, 6.45) is 1.79. The molecule has 134 valence electrons. The van der Waals surface area contributed by atoms with Crippen molar-refractivity contribution in [3.05, 3.63) is 82.2 Å². The Morgan fingerprint density at radius 3 is 2.44 bits per heavy atom. The van der Waals surface area contributed by atoms with Crippen molar-refractivity contribution in [2.45, 2.75) is 0 Å². The fraction of sp³-hybridized carbons (Fsp3) is 0.0476. The third-order valence-electron chi connectivity index (χ3n) is 4.14. The molecule has 0 radical (unpaired) electrons. The molecule has 2 heterocycles. The van der Waals surface area contributed by atoms with E-state index in [1.807, 2.05) is 41.8 Å². The van der Waals surface area contributed by atoms with Crippen LogP contribution in [-0.4, -0.2) is 24.0 Å². The molecule has 5 nitrogen and oxygen atoms in total. The fourth-order valence-corrected chi connectivity index (χ4v) is 3.45. The van der Waals surface area contributed by atoms with E-state index in [0.29, 0.717) is 17.2 Å².